The summed E-state index contributed by atoms with van der Waals surface area (Å²) >= 11 is 0. The van der Waals surface area contributed by atoms with Gasteiger partial charge in [-0.05, 0) is 47.5 Å². The third-order valence-electron chi connectivity index (χ3n) is 4.40. The fourth-order valence-corrected chi connectivity index (χ4v) is 2.80. The van der Waals surface area contributed by atoms with Crippen LogP contribution in [0.5, 0.6) is 11.5 Å². The maximum Gasteiger partial charge on any atom is 0.335 e. The van der Waals surface area contributed by atoms with Crippen molar-refractivity contribution in [2.45, 2.75) is 6.61 Å². The molecule has 0 heterocycles. The fraction of sp³-hybridized carbons (Fsp3) is 0.0833. The van der Waals surface area contributed by atoms with E-state index in [1.807, 2.05) is 0 Å². The van der Waals surface area contributed by atoms with Gasteiger partial charge in [-0.25, -0.2) is 9.18 Å². The standard InChI is InChI=1S/C24H18FNO4/c1-29-23-13-16(6-11-22(23)30-15-19-4-2-3-5-21(19)25)12-20(14-26)17-7-9-18(10-8-17)24(27)28/h2-13H,15H2,1H3,(H,27,28)/b20-12-. The first-order valence-corrected chi connectivity index (χ1v) is 9.01. The Balaban J connectivity index is 1.83. The molecule has 30 heavy (non-hydrogen) atoms. The van der Waals surface area contributed by atoms with E-state index in [0.717, 1.165) is 0 Å². The minimum absolute atomic E-state index is 0.0532. The normalized spacial score (nSPS) is 10.9. The summed E-state index contributed by atoms with van der Waals surface area (Å²) in [7, 11) is 1.49. The van der Waals surface area contributed by atoms with Gasteiger partial charge in [0.25, 0.3) is 0 Å². The zero-order valence-corrected chi connectivity index (χ0v) is 16.1. The lowest BCUT2D eigenvalue weighted by Gasteiger charge is -2.12. The molecule has 3 rings (SSSR count). The molecule has 0 aliphatic carbocycles. The number of hydrogen-bond acceptors (Lipinski definition) is 4. The van der Waals surface area contributed by atoms with Crippen LogP contribution in [0.1, 0.15) is 27.0 Å². The monoisotopic (exact) mass is 403 g/mol. The van der Waals surface area contributed by atoms with Crippen molar-refractivity contribution in [3.63, 3.8) is 0 Å². The average molecular weight is 403 g/mol. The first-order valence-electron chi connectivity index (χ1n) is 9.01. The molecule has 0 saturated heterocycles. The molecule has 3 aromatic carbocycles. The average Bonchev–Trinajstić information content (AvgIpc) is 2.77. The molecular weight excluding hydrogens is 385 g/mol. The molecule has 0 saturated carbocycles. The molecule has 0 aliphatic heterocycles. The van der Waals surface area contributed by atoms with E-state index in [9.17, 15) is 14.4 Å². The van der Waals surface area contributed by atoms with Gasteiger partial charge in [0.05, 0.1) is 24.3 Å². The number of allylic oxidation sites excluding steroid dienone is 1. The first kappa shape index (κ1) is 20.6. The number of rotatable bonds is 7. The maximum atomic E-state index is 13.8. The van der Waals surface area contributed by atoms with Crippen LogP contribution in [0.2, 0.25) is 0 Å². The van der Waals surface area contributed by atoms with Crippen LogP contribution in [-0.2, 0) is 6.61 Å². The Hall–Kier alpha value is -4.11. The molecule has 3 aromatic rings. The smallest absolute Gasteiger partial charge is 0.335 e. The van der Waals surface area contributed by atoms with E-state index >= 15 is 0 Å². The van der Waals surface area contributed by atoms with Gasteiger partial charge in [-0.3, -0.25) is 0 Å². The number of halogens is 1. The van der Waals surface area contributed by atoms with Gasteiger partial charge in [-0.15, -0.1) is 0 Å². The Morgan fingerprint density at radius 3 is 2.40 bits per heavy atom. The molecule has 0 bridgehead atoms. The van der Waals surface area contributed by atoms with Crippen LogP contribution >= 0.6 is 0 Å². The molecule has 6 heteroatoms. The molecule has 0 fully saturated rings. The van der Waals surface area contributed by atoms with Crippen LogP contribution in [0, 0.1) is 17.1 Å². The van der Waals surface area contributed by atoms with E-state index < -0.39 is 5.97 Å². The van der Waals surface area contributed by atoms with E-state index in [0.29, 0.717) is 33.8 Å². The second-order valence-corrected chi connectivity index (χ2v) is 6.34. The molecular formula is C24H18FNO4. The van der Waals surface area contributed by atoms with E-state index in [1.54, 1.807) is 54.6 Å². The minimum atomic E-state index is -1.03. The van der Waals surface area contributed by atoms with E-state index in [2.05, 4.69) is 6.07 Å². The highest BCUT2D eigenvalue weighted by Crippen LogP contribution is 2.30. The van der Waals surface area contributed by atoms with Crippen LogP contribution in [-0.4, -0.2) is 18.2 Å². The second-order valence-electron chi connectivity index (χ2n) is 6.34. The third kappa shape index (κ3) is 4.83. The van der Waals surface area contributed by atoms with Crippen molar-refractivity contribution in [1.29, 1.82) is 5.26 Å². The SMILES string of the molecule is COc1cc(/C=C(/C#N)c2ccc(C(=O)O)cc2)ccc1OCc1ccccc1F. The lowest BCUT2D eigenvalue weighted by Crippen LogP contribution is -2.00. The number of carbonyl (C=O) groups is 1. The summed E-state index contributed by atoms with van der Waals surface area (Å²) in [5, 5.41) is 18.5. The highest BCUT2D eigenvalue weighted by molar-refractivity contribution is 5.92. The van der Waals surface area contributed by atoms with Gasteiger partial charge in [0.2, 0.25) is 0 Å². The van der Waals surface area contributed by atoms with Crippen LogP contribution in [0.15, 0.2) is 66.7 Å². The second kappa shape index (κ2) is 9.39. The van der Waals surface area contributed by atoms with Gasteiger partial charge in [-0.2, -0.15) is 5.26 Å². The maximum absolute atomic E-state index is 13.8. The van der Waals surface area contributed by atoms with Crippen LogP contribution in [0.25, 0.3) is 11.6 Å². The van der Waals surface area contributed by atoms with Crippen molar-refractivity contribution in [2.24, 2.45) is 0 Å². The van der Waals surface area contributed by atoms with E-state index in [-0.39, 0.29) is 18.0 Å². The van der Waals surface area contributed by atoms with Gasteiger partial charge in [-0.1, -0.05) is 36.4 Å². The summed E-state index contributed by atoms with van der Waals surface area (Å²) in [5.74, 6) is -0.482. The van der Waals surface area contributed by atoms with Crippen LogP contribution in [0.4, 0.5) is 4.39 Å². The van der Waals surface area contributed by atoms with Crippen LogP contribution < -0.4 is 9.47 Å². The zero-order chi connectivity index (χ0) is 21.5. The number of carboxylic acid groups (broad SMARTS) is 1. The number of methoxy groups -OCH3 is 1. The number of nitriles is 1. The molecule has 0 unspecified atom stereocenters. The summed E-state index contributed by atoms with van der Waals surface area (Å²) < 4.78 is 24.8. The highest BCUT2D eigenvalue weighted by atomic mass is 19.1. The minimum Gasteiger partial charge on any atom is -0.493 e. The molecule has 0 aromatic heterocycles. The van der Waals surface area contributed by atoms with Crippen molar-refractivity contribution in [3.8, 4) is 17.6 Å². The Kier molecular flexibility index (Phi) is 6.46. The van der Waals surface area contributed by atoms with Gasteiger partial charge in [0, 0.05) is 5.56 Å². The molecule has 5 nitrogen and oxygen atoms in total. The molecule has 0 atom stereocenters. The Morgan fingerprint density at radius 2 is 1.77 bits per heavy atom. The summed E-state index contributed by atoms with van der Waals surface area (Å²) in [4.78, 5) is 11.0. The number of benzene rings is 3. The lowest BCUT2D eigenvalue weighted by atomic mass is 10.0. The Labute approximate surface area is 173 Å². The van der Waals surface area contributed by atoms with E-state index in [1.165, 1.54) is 25.3 Å². The van der Waals surface area contributed by atoms with Crippen molar-refractivity contribution < 1.29 is 23.8 Å². The topological polar surface area (TPSA) is 79.5 Å². The number of aromatic carboxylic acids is 1. The number of ether oxygens (including phenoxy) is 2. The molecule has 0 radical (unpaired) electrons. The number of carboxylic acids is 1. The quantitative estimate of drug-likeness (QED) is 0.435. The predicted octanol–water partition coefficient (Wildman–Crippen LogP) is 5.18. The fourth-order valence-electron chi connectivity index (χ4n) is 2.80. The van der Waals surface area contributed by atoms with Crippen molar-refractivity contribution in [3.05, 3.63) is 94.8 Å². The third-order valence-corrected chi connectivity index (χ3v) is 4.40. The van der Waals surface area contributed by atoms with E-state index in [4.69, 9.17) is 14.6 Å². The Morgan fingerprint density at radius 1 is 1.07 bits per heavy atom. The largest absolute Gasteiger partial charge is 0.493 e. The summed E-state index contributed by atoms with van der Waals surface area (Å²) in [6, 6.07) is 19.7. The molecule has 0 aliphatic rings. The summed E-state index contributed by atoms with van der Waals surface area (Å²) in [6.45, 7) is 0.0532. The van der Waals surface area contributed by atoms with Gasteiger partial charge in [0.1, 0.15) is 12.4 Å². The van der Waals surface area contributed by atoms with Gasteiger partial charge in [0.15, 0.2) is 11.5 Å². The highest BCUT2D eigenvalue weighted by Gasteiger charge is 2.09. The summed E-state index contributed by atoms with van der Waals surface area (Å²) in [5.41, 5.74) is 2.24. The number of hydrogen-bond donors (Lipinski definition) is 1. The molecule has 1 N–H and O–H groups in total. The Bertz CT molecular complexity index is 1130. The van der Waals surface area contributed by atoms with Gasteiger partial charge >= 0.3 is 5.97 Å². The van der Waals surface area contributed by atoms with Crippen molar-refractivity contribution in [1.82, 2.24) is 0 Å². The molecule has 150 valence electrons. The van der Waals surface area contributed by atoms with Crippen LogP contribution in [0.3, 0.4) is 0 Å². The van der Waals surface area contributed by atoms with Crippen molar-refractivity contribution in [2.75, 3.05) is 7.11 Å². The molecule has 0 spiro atoms. The molecule has 0 amide bonds. The number of nitrogens with zero attached hydrogens (tertiary/aromatic N) is 1. The predicted molar refractivity (Wildman–Crippen MR) is 111 cm³/mol. The lowest BCUT2D eigenvalue weighted by molar-refractivity contribution is 0.0697. The summed E-state index contributed by atoms with van der Waals surface area (Å²) in [6.07, 6.45) is 1.67. The zero-order valence-electron chi connectivity index (χ0n) is 16.1. The first-order chi connectivity index (χ1) is 14.5. The van der Waals surface area contributed by atoms with Crippen molar-refractivity contribution >= 4 is 17.6 Å². The van der Waals surface area contributed by atoms with Gasteiger partial charge < -0.3 is 14.6 Å².